The van der Waals surface area contributed by atoms with Crippen molar-refractivity contribution in [3.05, 3.63) is 17.5 Å². The highest BCUT2D eigenvalue weighted by Gasteiger charge is 2.31. The number of rotatable bonds is 2. The predicted molar refractivity (Wildman–Crippen MR) is 58.6 cm³/mol. The molecule has 0 aliphatic carbocycles. The van der Waals surface area contributed by atoms with Crippen LogP contribution in [0.1, 0.15) is 23.2 Å². The summed E-state index contributed by atoms with van der Waals surface area (Å²) in [4.78, 5) is 13.8. The number of aliphatic hydroxyl groups excluding tert-OH is 1. The van der Waals surface area contributed by atoms with Crippen LogP contribution in [-0.4, -0.2) is 53.0 Å². The fourth-order valence-corrected chi connectivity index (χ4v) is 1.83. The summed E-state index contributed by atoms with van der Waals surface area (Å²) in [6.45, 7) is 4.35. The van der Waals surface area contributed by atoms with Crippen LogP contribution in [-0.2, 0) is 4.74 Å². The number of aromatic nitrogens is 1. The zero-order valence-corrected chi connectivity index (χ0v) is 9.92. The van der Waals surface area contributed by atoms with Crippen molar-refractivity contribution in [2.75, 3.05) is 19.8 Å². The number of hydrogen-bond acceptors (Lipinski definition) is 5. The average molecular weight is 240 g/mol. The van der Waals surface area contributed by atoms with Gasteiger partial charge < -0.3 is 19.3 Å². The minimum atomic E-state index is -0.317. The van der Waals surface area contributed by atoms with E-state index in [1.807, 2.05) is 6.92 Å². The molecule has 2 unspecified atom stereocenters. The molecule has 1 aliphatic heterocycles. The lowest BCUT2D eigenvalue weighted by atomic mass is 10.2. The van der Waals surface area contributed by atoms with Crippen molar-refractivity contribution in [1.29, 1.82) is 0 Å². The summed E-state index contributed by atoms with van der Waals surface area (Å²) in [5.41, 5.74) is 0.299. The van der Waals surface area contributed by atoms with Crippen LogP contribution in [0.15, 0.2) is 10.6 Å². The maximum Gasteiger partial charge on any atom is 0.276 e. The predicted octanol–water partition coefficient (Wildman–Crippen LogP) is 0.205. The Hall–Kier alpha value is -1.40. The maximum atomic E-state index is 12.2. The summed E-state index contributed by atoms with van der Waals surface area (Å²) in [6.07, 6.45) is -0.317. The van der Waals surface area contributed by atoms with Gasteiger partial charge in [0.15, 0.2) is 5.69 Å². The summed E-state index contributed by atoms with van der Waals surface area (Å²) >= 11 is 0. The molecule has 1 saturated heterocycles. The van der Waals surface area contributed by atoms with Gasteiger partial charge in [-0.05, 0) is 13.8 Å². The number of carbonyl (C=O) groups is 1. The van der Waals surface area contributed by atoms with E-state index in [9.17, 15) is 4.79 Å². The van der Waals surface area contributed by atoms with E-state index in [1.165, 1.54) is 0 Å². The molecule has 1 aromatic heterocycles. The van der Waals surface area contributed by atoms with Gasteiger partial charge in [-0.15, -0.1) is 0 Å². The number of aliphatic hydroxyl groups is 1. The molecule has 0 radical (unpaired) electrons. The molecule has 2 rings (SSSR count). The van der Waals surface area contributed by atoms with Crippen LogP contribution in [0.4, 0.5) is 0 Å². The van der Waals surface area contributed by atoms with Gasteiger partial charge in [0.1, 0.15) is 5.76 Å². The van der Waals surface area contributed by atoms with E-state index >= 15 is 0 Å². The van der Waals surface area contributed by atoms with Crippen molar-refractivity contribution in [2.24, 2.45) is 0 Å². The zero-order valence-electron chi connectivity index (χ0n) is 9.92. The van der Waals surface area contributed by atoms with Gasteiger partial charge in [-0.3, -0.25) is 4.79 Å². The topological polar surface area (TPSA) is 75.8 Å². The Bertz CT molecular complexity index is 404. The van der Waals surface area contributed by atoms with Gasteiger partial charge in [0, 0.05) is 12.6 Å². The van der Waals surface area contributed by atoms with E-state index in [2.05, 4.69) is 5.16 Å². The van der Waals surface area contributed by atoms with Crippen molar-refractivity contribution < 1.29 is 19.2 Å². The van der Waals surface area contributed by atoms with Gasteiger partial charge in [-0.1, -0.05) is 5.16 Å². The van der Waals surface area contributed by atoms with E-state index in [0.29, 0.717) is 24.6 Å². The Balaban J connectivity index is 2.12. The lowest BCUT2D eigenvalue weighted by Gasteiger charge is -2.36. The number of hydrogen-bond donors (Lipinski definition) is 1. The van der Waals surface area contributed by atoms with Crippen LogP contribution in [0.2, 0.25) is 0 Å². The number of ether oxygens (including phenoxy) is 1. The molecule has 1 amide bonds. The van der Waals surface area contributed by atoms with Crippen LogP contribution in [0.5, 0.6) is 0 Å². The van der Waals surface area contributed by atoms with E-state index in [0.717, 1.165) is 0 Å². The number of carbonyl (C=O) groups excluding carboxylic acids is 1. The number of aryl methyl sites for hydroxylation is 1. The smallest absolute Gasteiger partial charge is 0.276 e. The highest BCUT2D eigenvalue weighted by atomic mass is 16.5. The molecular weight excluding hydrogens is 224 g/mol. The third kappa shape index (κ3) is 2.48. The molecule has 0 spiro atoms. The lowest BCUT2D eigenvalue weighted by Crippen LogP contribution is -2.52. The molecule has 1 N–H and O–H groups in total. The van der Waals surface area contributed by atoms with Crippen molar-refractivity contribution in [3.63, 3.8) is 0 Å². The maximum absolute atomic E-state index is 12.2. The van der Waals surface area contributed by atoms with Gasteiger partial charge >= 0.3 is 0 Å². The first-order chi connectivity index (χ1) is 8.11. The van der Waals surface area contributed by atoms with Gasteiger partial charge in [-0.25, -0.2) is 0 Å². The fourth-order valence-electron chi connectivity index (χ4n) is 1.83. The molecule has 17 heavy (non-hydrogen) atoms. The molecule has 1 fully saturated rings. The average Bonchev–Trinajstić information content (AvgIpc) is 2.76. The summed E-state index contributed by atoms with van der Waals surface area (Å²) in [5.74, 6) is 0.420. The summed E-state index contributed by atoms with van der Waals surface area (Å²) in [6, 6.07) is 1.58. The second-order valence-corrected chi connectivity index (χ2v) is 4.27. The van der Waals surface area contributed by atoms with Crippen LogP contribution < -0.4 is 0 Å². The molecule has 1 aliphatic rings. The third-order valence-electron chi connectivity index (χ3n) is 2.82. The Labute approximate surface area is 99.1 Å². The number of amides is 1. The van der Waals surface area contributed by atoms with Crippen molar-refractivity contribution in [1.82, 2.24) is 10.1 Å². The van der Waals surface area contributed by atoms with Gasteiger partial charge in [0.25, 0.3) is 5.91 Å². The Morgan fingerprint density at radius 2 is 2.47 bits per heavy atom. The van der Waals surface area contributed by atoms with Gasteiger partial charge in [0.05, 0.1) is 25.4 Å². The molecule has 0 aromatic carbocycles. The van der Waals surface area contributed by atoms with Crippen LogP contribution >= 0.6 is 0 Å². The first-order valence-electron chi connectivity index (χ1n) is 5.58. The van der Waals surface area contributed by atoms with E-state index < -0.39 is 0 Å². The Morgan fingerprint density at radius 3 is 3.06 bits per heavy atom. The highest BCUT2D eigenvalue weighted by molar-refractivity contribution is 5.92. The molecule has 6 nitrogen and oxygen atoms in total. The van der Waals surface area contributed by atoms with Crippen molar-refractivity contribution in [2.45, 2.75) is 26.0 Å². The van der Waals surface area contributed by atoms with Crippen LogP contribution in [0, 0.1) is 6.92 Å². The molecule has 2 heterocycles. The molecule has 0 bridgehead atoms. The van der Waals surface area contributed by atoms with Crippen LogP contribution in [0.3, 0.4) is 0 Å². The standard InChI is InChI=1S/C11H16N2O4/c1-7-6-16-9(5-14)4-13(7)11(15)10-3-8(2)17-12-10/h3,7,9,14H,4-6H2,1-2H3. The Morgan fingerprint density at radius 1 is 1.71 bits per heavy atom. The number of nitrogens with zero attached hydrogens (tertiary/aromatic N) is 2. The molecule has 6 heteroatoms. The quantitative estimate of drug-likeness (QED) is 0.799. The van der Waals surface area contributed by atoms with Crippen LogP contribution in [0.25, 0.3) is 0 Å². The first-order valence-corrected chi connectivity index (χ1v) is 5.58. The number of morpholine rings is 1. The SMILES string of the molecule is Cc1cc(C(=O)N2CC(CO)OCC2C)no1. The lowest BCUT2D eigenvalue weighted by molar-refractivity contribution is -0.0669. The van der Waals surface area contributed by atoms with E-state index in [1.54, 1.807) is 17.9 Å². The highest BCUT2D eigenvalue weighted by Crippen LogP contribution is 2.15. The third-order valence-corrected chi connectivity index (χ3v) is 2.82. The zero-order chi connectivity index (χ0) is 12.4. The monoisotopic (exact) mass is 240 g/mol. The molecule has 1 aromatic rings. The van der Waals surface area contributed by atoms with Gasteiger partial charge in [0.2, 0.25) is 0 Å². The molecular formula is C11H16N2O4. The second-order valence-electron chi connectivity index (χ2n) is 4.27. The van der Waals surface area contributed by atoms with E-state index in [-0.39, 0.29) is 24.7 Å². The molecule has 2 atom stereocenters. The summed E-state index contributed by atoms with van der Waals surface area (Å²) < 4.78 is 10.3. The summed E-state index contributed by atoms with van der Waals surface area (Å²) in [7, 11) is 0. The summed E-state index contributed by atoms with van der Waals surface area (Å²) in [5, 5.41) is 12.8. The second kappa shape index (κ2) is 4.85. The fraction of sp³-hybridized carbons (Fsp3) is 0.636. The minimum Gasteiger partial charge on any atom is -0.394 e. The normalized spacial score (nSPS) is 25.0. The molecule has 94 valence electrons. The minimum absolute atomic E-state index is 0.0256. The molecule has 0 saturated carbocycles. The van der Waals surface area contributed by atoms with Crippen molar-refractivity contribution in [3.8, 4) is 0 Å². The Kier molecular flexibility index (Phi) is 3.44. The van der Waals surface area contributed by atoms with Gasteiger partial charge in [-0.2, -0.15) is 0 Å². The first kappa shape index (κ1) is 12.1. The largest absolute Gasteiger partial charge is 0.394 e. The van der Waals surface area contributed by atoms with Crippen molar-refractivity contribution >= 4 is 5.91 Å². The van der Waals surface area contributed by atoms with E-state index in [4.69, 9.17) is 14.4 Å².